The van der Waals surface area contributed by atoms with Gasteiger partial charge in [-0.2, -0.15) is 18.4 Å². The number of halogens is 3. The van der Waals surface area contributed by atoms with E-state index in [1.165, 1.54) is 0 Å². The standard InChI is InChI=1S/C8H9F3N4O6/c9-8(10,11)7(19)21-6-3(18)1(16)2(17)4(20-6)5-12-14-15-13-5/h1-4,6,16-18H,(H,12,13,14,15)/t1-,2-,3+,4?,6-/m0/s1. The lowest BCUT2D eigenvalue weighted by Gasteiger charge is -2.38. The molecule has 0 saturated carbocycles. The molecule has 1 aliphatic rings. The zero-order valence-corrected chi connectivity index (χ0v) is 9.93. The summed E-state index contributed by atoms with van der Waals surface area (Å²) in [4.78, 5) is 10.7. The molecule has 1 unspecified atom stereocenters. The molecule has 13 heteroatoms. The topological polar surface area (TPSA) is 151 Å². The highest BCUT2D eigenvalue weighted by Crippen LogP contribution is 2.31. The zero-order valence-electron chi connectivity index (χ0n) is 9.93. The highest BCUT2D eigenvalue weighted by atomic mass is 19.4. The van der Waals surface area contributed by atoms with Gasteiger partial charge in [-0.15, -0.1) is 10.2 Å². The molecule has 1 saturated heterocycles. The van der Waals surface area contributed by atoms with Crippen LogP contribution in [0, 0.1) is 0 Å². The van der Waals surface area contributed by atoms with Crippen LogP contribution in [-0.2, 0) is 14.3 Å². The van der Waals surface area contributed by atoms with E-state index in [1.54, 1.807) is 0 Å². The number of aliphatic hydroxyl groups is 3. The highest BCUT2D eigenvalue weighted by Gasteiger charge is 2.50. The number of rotatable bonds is 2. The van der Waals surface area contributed by atoms with Gasteiger partial charge >= 0.3 is 12.1 Å². The van der Waals surface area contributed by atoms with Gasteiger partial charge in [-0.25, -0.2) is 4.79 Å². The average molecular weight is 314 g/mol. The quantitative estimate of drug-likeness (QED) is 0.445. The number of esters is 1. The number of nitrogens with zero attached hydrogens (tertiary/aromatic N) is 3. The van der Waals surface area contributed by atoms with Gasteiger partial charge in [0.25, 0.3) is 0 Å². The van der Waals surface area contributed by atoms with Crippen molar-refractivity contribution in [3.63, 3.8) is 0 Å². The van der Waals surface area contributed by atoms with Crippen LogP contribution < -0.4 is 0 Å². The maximum absolute atomic E-state index is 12.1. The van der Waals surface area contributed by atoms with E-state index in [0.717, 1.165) is 0 Å². The minimum absolute atomic E-state index is 0.304. The third-order valence-corrected chi connectivity index (χ3v) is 2.64. The summed E-state index contributed by atoms with van der Waals surface area (Å²) >= 11 is 0. The van der Waals surface area contributed by atoms with Gasteiger partial charge in [-0.1, -0.05) is 5.21 Å². The molecule has 2 rings (SSSR count). The van der Waals surface area contributed by atoms with Gasteiger partial charge in [0.05, 0.1) is 0 Å². The van der Waals surface area contributed by atoms with E-state index in [4.69, 9.17) is 4.74 Å². The Morgan fingerprint density at radius 3 is 2.43 bits per heavy atom. The molecule has 118 valence electrons. The van der Waals surface area contributed by atoms with E-state index in [2.05, 4.69) is 20.1 Å². The average Bonchev–Trinajstić information content (AvgIpc) is 2.92. The molecule has 2 heterocycles. The van der Waals surface area contributed by atoms with Crippen molar-refractivity contribution in [1.29, 1.82) is 0 Å². The molecule has 0 aliphatic carbocycles. The minimum atomic E-state index is -5.31. The third kappa shape index (κ3) is 3.10. The van der Waals surface area contributed by atoms with E-state index in [0.29, 0.717) is 0 Å². The Kier molecular flexibility index (Phi) is 4.08. The number of nitrogens with one attached hydrogen (secondary N) is 1. The van der Waals surface area contributed by atoms with Crippen LogP contribution in [0.15, 0.2) is 0 Å². The molecule has 0 aromatic carbocycles. The number of hydrogen-bond acceptors (Lipinski definition) is 9. The number of ether oxygens (including phenoxy) is 2. The molecule has 1 aromatic rings. The molecule has 10 nitrogen and oxygen atoms in total. The van der Waals surface area contributed by atoms with Gasteiger partial charge in [0.2, 0.25) is 12.1 Å². The van der Waals surface area contributed by atoms with E-state index in [1.807, 2.05) is 5.21 Å². The predicted octanol–water partition coefficient (Wildman–Crippen LogP) is -2.21. The summed E-state index contributed by atoms with van der Waals surface area (Å²) in [6.45, 7) is 0. The van der Waals surface area contributed by atoms with Crippen LogP contribution in [0.1, 0.15) is 11.9 Å². The van der Waals surface area contributed by atoms with Crippen molar-refractivity contribution in [1.82, 2.24) is 20.6 Å². The lowest BCUT2D eigenvalue weighted by Crippen LogP contribution is -2.56. The molecule has 1 aromatic heterocycles. The fraction of sp³-hybridized carbons (Fsp3) is 0.750. The fourth-order valence-corrected chi connectivity index (χ4v) is 1.62. The van der Waals surface area contributed by atoms with Gasteiger partial charge < -0.3 is 24.8 Å². The zero-order chi connectivity index (χ0) is 15.8. The van der Waals surface area contributed by atoms with Crippen LogP contribution in [0.4, 0.5) is 13.2 Å². The predicted molar refractivity (Wildman–Crippen MR) is 52.0 cm³/mol. The number of H-pyrrole nitrogens is 1. The van der Waals surface area contributed by atoms with Gasteiger partial charge in [0.1, 0.15) is 18.3 Å². The van der Waals surface area contributed by atoms with Crippen LogP contribution in [-0.4, -0.2) is 72.7 Å². The smallest absolute Gasteiger partial charge is 0.426 e. The van der Waals surface area contributed by atoms with Crippen LogP contribution in [0.25, 0.3) is 0 Å². The molecule has 1 fully saturated rings. The second-order valence-electron chi connectivity index (χ2n) is 4.07. The van der Waals surface area contributed by atoms with E-state index in [9.17, 15) is 33.3 Å². The monoisotopic (exact) mass is 314 g/mol. The summed E-state index contributed by atoms with van der Waals surface area (Å²) in [5.41, 5.74) is 0. The van der Waals surface area contributed by atoms with Gasteiger partial charge in [0.15, 0.2) is 6.10 Å². The van der Waals surface area contributed by atoms with Gasteiger partial charge in [-0.3, -0.25) is 0 Å². The van der Waals surface area contributed by atoms with Crippen molar-refractivity contribution in [3.05, 3.63) is 5.82 Å². The first-order valence-corrected chi connectivity index (χ1v) is 5.42. The first kappa shape index (κ1) is 15.6. The fourth-order valence-electron chi connectivity index (χ4n) is 1.62. The summed E-state index contributed by atoms with van der Waals surface area (Å²) in [5.74, 6) is -2.93. The Hall–Kier alpha value is -1.83. The van der Waals surface area contributed by atoms with E-state index < -0.39 is 42.9 Å². The van der Waals surface area contributed by atoms with Crippen molar-refractivity contribution >= 4 is 5.97 Å². The molecule has 0 spiro atoms. The lowest BCUT2D eigenvalue weighted by molar-refractivity contribution is -0.302. The van der Waals surface area contributed by atoms with Crippen molar-refractivity contribution in [2.24, 2.45) is 0 Å². The molecule has 0 amide bonds. The Morgan fingerprint density at radius 1 is 1.24 bits per heavy atom. The molecular formula is C8H9F3N4O6. The number of aliphatic hydroxyl groups excluding tert-OH is 3. The minimum Gasteiger partial charge on any atom is -0.426 e. The molecule has 5 atom stereocenters. The van der Waals surface area contributed by atoms with Crippen LogP contribution in [0.3, 0.4) is 0 Å². The van der Waals surface area contributed by atoms with E-state index >= 15 is 0 Å². The molecule has 4 N–H and O–H groups in total. The lowest BCUT2D eigenvalue weighted by atomic mass is 9.98. The summed E-state index contributed by atoms with van der Waals surface area (Å²) in [5, 5.41) is 40.7. The number of hydrogen-bond donors (Lipinski definition) is 4. The second-order valence-corrected chi connectivity index (χ2v) is 4.07. The van der Waals surface area contributed by atoms with Crippen molar-refractivity contribution < 1.29 is 42.8 Å². The Labute approximate surface area is 113 Å². The van der Waals surface area contributed by atoms with E-state index in [-0.39, 0.29) is 5.82 Å². The maximum Gasteiger partial charge on any atom is 0.491 e. The Bertz CT molecular complexity index is 497. The largest absolute Gasteiger partial charge is 0.491 e. The van der Waals surface area contributed by atoms with Crippen molar-refractivity contribution in [2.45, 2.75) is 36.9 Å². The first-order valence-electron chi connectivity index (χ1n) is 5.42. The molecule has 0 radical (unpaired) electrons. The number of carbonyl (C=O) groups excluding carboxylic acids is 1. The van der Waals surface area contributed by atoms with Gasteiger partial charge in [0, 0.05) is 0 Å². The number of alkyl halides is 3. The normalized spacial score (nSPS) is 33.7. The Morgan fingerprint density at radius 2 is 1.90 bits per heavy atom. The number of aromatic nitrogens is 4. The van der Waals surface area contributed by atoms with Gasteiger partial charge in [-0.05, 0) is 0 Å². The number of tetrazole rings is 1. The third-order valence-electron chi connectivity index (χ3n) is 2.64. The number of aromatic amines is 1. The molecule has 0 bridgehead atoms. The van der Waals surface area contributed by atoms with Crippen molar-refractivity contribution in [2.75, 3.05) is 0 Å². The summed E-state index contributed by atoms with van der Waals surface area (Å²) < 4.78 is 45.1. The van der Waals surface area contributed by atoms with Crippen LogP contribution in [0.5, 0.6) is 0 Å². The SMILES string of the molecule is O=C(O[C@@H]1OC(c2nn[nH]n2)[C@@H](O)[C@H](O)[C@H]1O)C(F)(F)F. The second kappa shape index (κ2) is 5.51. The first-order chi connectivity index (χ1) is 9.71. The molecule has 1 aliphatic heterocycles. The Balaban J connectivity index is 2.16. The summed E-state index contributed by atoms with van der Waals surface area (Å²) in [7, 11) is 0. The van der Waals surface area contributed by atoms with Crippen molar-refractivity contribution in [3.8, 4) is 0 Å². The number of carbonyl (C=O) groups is 1. The van der Waals surface area contributed by atoms with Crippen LogP contribution >= 0.6 is 0 Å². The molecular weight excluding hydrogens is 305 g/mol. The molecule has 21 heavy (non-hydrogen) atoms. The maximum atomic E-state index is 12.1. The highest BCUT2D eigenvalue weighted by molar-refractivity contribution is 5.75. The summed E-state index contributed by atoms with van der Waals surface area (Å²) in [6.07, 6.45) is -14.8. The van der Waals surface area contributed by atoms with Crippen LogP contribution in [0.2, 0.25) is 0 Å². The summed E-state index contributed by atoms with van der Waals surface area (Å²) in [6, 6.07) is 0.